The Morgan fingerprint density at radius 3 is 2.39 bits per heavy atom. The first-order valence-electron chi connectivity index (χ1n) is 5.42. The Morgan fingerprint density at radius 1 is 1.22 bits per heavy atom. The molecular weight excluding hydrogens is 257 g/mol. The van der Waals surface area contributed by atoms with E-state index in [1.165, 1.54) is 19.2 Å². The van der Waals surface area contributed by atoms with E-state index in [0.717, 1.165) is 10.4 Å². The van der Waals surface area contributed by atoms with Gasteiger partial charge in [-0.2, -0.15) is 4.31 Å². The number of nitrogens with zero attached hydrogens (tertiary/aromatic N) is 2. The minimum absolute atomic E-state index is 0.191. The van der Waals surface area contributed by atoms with Gasteiger partial charge in [0.05, 0.1) is 5.69 Å². The Hall–Kier alpha value is -1.18. The van der Waals surface area contributed by atoms with Crippen molar-refractivity contribution in [2.45, 2.75) is 4.90 Å². The molecule has 0 bridgehead atoms. The van der Waals surface area contributed by atoms with Crippen molar-refractivity contribution in [2.75, 3.05) is 40.0 Å². The monoisotopic (exact) mass is 275 g/mol. The minimum Gasteiger partial charge on any atom is -0.395 e. The molecule has 0 aliphatic carbocycles. The van der Waals surface area contributed by atoms with Crippen LogP contribution >= 0.6 is 0 Å². The van der Waals surface area contributed by atoms with Crippen LogP contribution < -0.4 is 5.73 Å². The van der Waals surface area contributed by atoms with Gasteiger partial charge in [0.25, 0.3) is 0 Å². The van der Waals surface area contributed by atoms with E-state index in [-0.39, 0.29) is 10.6 Å². The molecule has 0 aromatic heterocycles. The summed E-state index contributed by atoms with van der Waals surface area (Å²) < 4.78 is 38.8. The van der Waals surface area contributed by atoms with E-state index in [9.17, 15) is 12.8 Å². The second kappa shape index (κ2) is 5.64. The SMILES string of the molecule is CN(C)CCN(C)S(=O)(=O)c1cccc(F)c1N. The van der Waals surface area contributed by atoms with Crippen molar-refractivity contribution in [1.29, 1.82) is 0 Å². The lowest BCUT2D eigenvalue weighted by Crippen LogP contribution is -2.34. The van der Waals surface area contributed by atoms with Gasteiger partial charge in [-0.15, -0.1) is 0 Å². The lowest BCUT2D eigenvalue weighted by molar-refractivity contribution is 0.358. The molecule has 1 aromatic rings. The van der Waals surface area contributed by atoms with E-state index >= 15 is 0 Å². The van der Waals surface area contributed by atoms with Crippen molar-refractivity contribution in [3.8, 4) is 0 Å². The van der Waals surface area contributed by atoms with Crippen molar-refractivity contribution >= 4 is 15.7 Å². The number of hydrogen-bond donors (Lipinski definition) is 1. The lowest BCUT2D eigenvalue weighted by atomic mass is 10.3. The molecule has 0 aliphatic rings. The van der Waals surface area contributed by atoms with E-state index in [1.807, 2.05) is 19.0 Å². The van der Waals surface area contributed by atoms with Crippen molar-refractivity contribution in [1.82, 2.24) is 9.21 Å². The van der Waals surface area contributed by atoms with E-state index in [4.69, 9.17) is 5.73 Å². The highest BCUT2D eigenvalue weighted by Crippen LogP contribution is 2.23. The molecule has 0 atom stereocenters. The predicted octanol–water partition coefficient (Wildman–Crippen LogP) is 0.590. The van der Waals surface area contributed by atoms with Crippen molar-refractivity contribution in [3.63, 3.8) is 0 Å². The fraction of sp³-hybridized carbons (Fsp3) is 0.455. The summed E-state index contributed by atoms with van der Waals surface area (Å²) in [5.74, 6) is -0.725. The highest BCUT2D eigenvalue weighted by molar-refractivity contribution is 7.89. The van der Waals surface area contributed by atoms with Gasteiger partial charge >= 0.3 is 0 Å². The maximum atomic E-state index is 13.3. The van der Waals surface area contributed by atoms with Crippen LogP contribution in [0.2, 0.25) is 0 Å². The number of nitrogens with two attached hydrogens (primary N) is 1. The molecule has 0 amide bonds. The number of benzene rings is 1. The third-order valence-corrected chi connectivity index (χ3v) is 4.48. The number of sulfonamides is 1. The number of anilines is 1. The van der Waals surface area contributed by atoms with Crippen LogP contribution in [-0.4, -0.2) is 51.9 Å². The highest BCUT2D eigenvalue weighted by Gasteiger charge is 2.24. The Morgan fingerprint density at radius 2 is 1.83 bits per heavy atom. The summed E-state index contributed by atoms with van der Waals surface area (Å²) in [6, 6.07) is 3.77. The van der Waals surface area contributed by atoms with Crippen LogP contribution in [-0.2, 0) is 10.0 Å². The van der Waals surface area contributed by atoms with E-state index in [0.29, 0.717) is 13.1 Å². The van der Waals surface area contributed by atoms with Crippen LogP contribution in [0.15, 0.2) is 23.1 Å². The quantitative estimate of drug-likeness (QED) is 0.799. The molecule has 5 nitrogen and oxygen atoms in total. The van der Waals surface area contributed by atoms with Gasteiger partial charge in [-0.05, 0) is 26.2 Å². The van der Waals surface area contributed by atoms with Gasteiger partial charge in [-0.25, -0.2) is 12.8 Å². The van der Waals surface area contributed by atoms with Gasteiger partial charge < -0.3 is 10.6 Å². The summed E-state index contributed by atoms with van der Waals surface area (Å²) in [4.78, 5) is 1.67. The first-order chi connectivity index (χ1) is 8.26. The molecule has 0 heterocycles. The van der Waals surface area contributed by atoms with Crippen LogP contribution in [0.5, 0.6) is 0 Å². The standard InChI is InChI=1S/C11H18FN3O2S/c1-14(2)7-8-15(3)18(16,17)10-6-4-5-9(12)11(10)13/h4-6H,7-8,13H2,1-3H3. The Bertz CT molecular complexity index is 517. The molecule has 0 radical (unpaired) electrons. The second-order valence-corrected chi connectivity index (χ2v) is 6.29. The van der Waals surface area contributed by atoms with Crippen molar-refractivity contribution in [3.05, 3.63) is 24.0 Å². The Kier molecular flexibility index (Phi) is 4.66. The maximum Gasteiger partial charge on any atom is 0.245 e. The third-order valence-electron chi connectivity index (χ3n) is 2.56. The average Bonchev–Trinajstić information content (AvgIpc) is 2.29. The summed E-state index contributed by atoms with van der Waals surface area (Å²) in [5, 5.41) is 0. The molecule has 18 heavy (non-hydrogen) atoms. The normalized spacial score (nSPS) is 12.3. The number of likely N-dealkylation sites (N-methyl/N-ethyl adjacent to an activating group) is 2. The molecule has 0 aliphatic heterocycles. The van der Waals surface area contributed by atoms with Gasteiger partial charge in [0, 0.05) is 20.1 Å². The number of halogens is 1. The molecule has 102 valence electrons. The molecule has 0 fully saturated rings. The lowest BCUT2D eigenvalue weighted by Gasteiger charge is -2.20. The van der Waals surface area contributed by atoms with Gasteiger partial charge in [-0.3, -0.25) is 0 Å². The number of hydrogen-bond acceptors (Lipinski definition) is 4. The zero-order valence-corrected chi connectivity index (χ0v) is 11.5. The van der Waals surface area contributed by atoms with Gasteiger partial charge in [0.1, 0.15) is 10.7 Å². The first-order valence-corrected chi connectivity index (χ1v) is 6.86. The van der Waals surface area contributed by atoms with Crippen LogP contribution in [0, 0.1) is 5.82 Å². The molecule has 0 saturated heterocycles. The second-order valence-electron chi connectivity index (χ2n) is 4.28. The van der Waals surface area contributed by atoms with Gasteiger partial charge in [0.15, 0.2) is 0 Å². The van der Waals surface area contributed by atoms with E-state index in [1.54, 1.807) is 0 Å². The molecule has 1 rings (SSSR count). The molecule has 1 aromatic carbocycles. The highest BCUT2D eigenvalue weighted by atomic mass is 32.2. The summed E-state index contributed by atoms with van der Waals surface area (Å²) in [6.07, 6.45) is 0. The summed E-state index contributed by atoms with van der Waals surface area (Å²) in [6.45, 7) is 0.885. The summed E-state index contributed by atoms with van der Waals surface area (Å²) >= 11 is 0. The van der Waals surface area contributed by atoms with Crippen LogP contribution in [0.4, 0.5) is 10.1 Å². The minimum atomic E-state index is -3.75. The number of para-hydroxylation sites is 1. The topological polar surface area (TPSA) is 66.6 Å². The van der Waals surface area contributed by atoms with Gasteiger partial charge in [-0.1, -0.05) is 6.07 Å². The van der Waals surface area contributed by atoms with Crippen LogP contribution in [0.1, 0.15) is 0 Å². The van der Waals surface area contributed by atoms with Crippen LogP contribution in [0.3, 0.4) is 0 Å². The van der Waals surface area contributed by atoms with Crippen molar-refractivity contribution < 1.29 is 12.8 Å². The molecule has 0 saturated carbocycles. The number of nitrogen functional groups attached to an aromatic ring is 1. The fourth-order valence-corrected chi connectivity index (χ4v) is 2.65. The van der Waals surface area contributed by atoms with Crippen molar-refractivity contribution in [2.24, 2.45) is 0 Å². The Labute approximate surface area is 107 Å². The molecule has 7 heteroatoms. The molecular formula is C11H18FN3O2S. The summed E-state index contributed by atoms with van der Waals surface area (Å²) in [5.41, 5.74) is 5.13. The van der Waals surface area contributed by atoms with Gasteiger partial charge in [0.2, 0.25) is 10.0 Å². The third kappa shape index (κ3) is 3.18. The fourth-order valence-electron chi connectivity index (χ4n) is 1.37. The first kappa shape index (κ1) is 14.9. The predicted molar refractivity (Wildman–Crippen MR) is 69.2 cm³/mol. The van der Waals surface area contributed by atoms with E-state index in [2.05, 4.69) is 0 Å². The molecule has 0 spiro atoms. The molecule has 0 unspecified atom stereocenters. The maximum absolute atomic E-state index is 13.3. The Balaban J connectivity index is 3.02. The number of rotatable bonds is 5. The molecule has 2 N–H and O–H groups in total. The largest absolute Gasteiger partial charge is 0.395 e. The van der Waals surface area contributed by atoms with E-state index < -0.39 is 15.8 Å². The summed E-state index contributed by atoms with van der Waals surface area (Å²) in [7, 11) is 1.39. The zero-order valence-electron chi connectivity index (χ0n) is 10.7. The smallest absolute Gasteiger partial charge is 0.245 e. The zero-order chi connectivity index (χ0) is 13.9. The average molecular weight is 275 g/mol. The van der Waals surface area contributed by atoms with Crippen LogP contribution in [0.25, 0.3) is 0 Å².